The maximum Gasteiger partial charge on any atom is 0.145 e. The number of nitrogen functional groups attached to an aromatic ring is 1. The van der Waals surface area contributed by atoms with Crippen molar-refractivity contribution in [2.75, 3.05) is 38.1 Å². The molecule has 0 unspecified atom stereocenters. The molecule has 1 heterocycles. The Kier molecular flexibility index (Phi) is 5.67. The van der Waals surface area contributed by atoms with Crippen LogP contribution in [0.15, 0.2) is 24.3 Å². The lowest BCUT2D eigenvalue weighted by atomic mass is 10.1. The Labute approximate surface area is 129 Å². The molecule has 1 aromatic carbocycles. The van der Waals surface area contributed by atoms with Gasteiger partial charge in [-0.05, 0) is 31.5 Å². The number of fused-ring (bicyclic) bond motifs is 1. The number of hydrogen-bond donors (Lipinski definition) is 2. The van der Waals surface area contributed by atoms with Gasteiger partial charge in [0.2, 0.25) is 0 Å². The summed E-state index contributed by atoms with van der Waals surface area (Å²) < 4.78 is 5.23. The summed E-state index contributed by atoms with van der Waals surface area (Å²) in [7, 11) is 3.76. The molecular weight excluding hydrogens is 284 g/mol. The molecule has 0 amide bonds. The fourth-order valence-corrected chi connectivity index (χ4v) is 2.67. The quantitative estimate of drug-likeness (QED) is 0.605. The average Bonchev–Trinajstić information content (AvgIpc) is 2.51. The Balaban J connectivity index is 2.30. The highest BCUT2D eigenvalue weighted by Gasteiger charge is 2.09. The van der Waals surface area contributed by atoms with Gasteiger partial charge in [0.15, 0.2) is 0 Å². The van der Waals surface area contributed by atoms with Gasteiger partial charge < -0.3 is 15.1 Å². The Morgan fingerprint density at radius 2 is 2.19 bits per heavy atom. The molecule has 114 valence electrons. The van der Waals surface area contributed by atoms with E-state index in [-0.39, 0.29) is 0 Å². The Morgan fingerprint density at radius 1 is 1.38 bits per heavy atom. The maximum atomic E-state index is 5.62. The summed E-state index contributed by atoms with van der Waals surface area (Å²) in [6.45, 7) is 1.85. The number of nitrogens with zero attached hydrogens (tertiary/aromatic N) is 2. The summed E-state index contributed by atoms with van der Waals surface area (Å²) >= 11 is 1.85. The number of benzene rings is 1. The third-order valence-electron chi connectivity index (χ3n) is 3.36. The van der Waals surface area contributed by atoms with Gasteiger partial charge in [-0.15, -0.1) is 0 Å². The van der Waals surface area contributed by atoms with E-state index in [4.69, 9.17) is 10.6 Å². The molecule has 0 aliphatic carbocycles. The first-order valence-electron chi connectivity index (χ1n) is 6.79. The zero-order valence-corrected chi connectivity index (χ0v) is 13.5. The summed E-state index contributed by atoms with van der Waals surface area (Å²) in [5, 5.41) is 1.09. The first-order valence-corrected chi connectivity index (χ1v) is 8.19. The Hall–Kier alpha value is -1.50. The van der Waals surface area contributed by atoms with Crippen molar-refractivity contribution in [3.05, 3.63) is 29.8 Å². The third-order valence-corrected chi connectivity index (χ3v) is 3.95. The number of ether oxygens (including phenoxy) is 1. The van der Waals surface area contributed by atoms with Gasteiger partial charge in [-0.25, -0.2) is 10.8 Å². The predicted molar refractivity (Wildman–Crippen MR) is 90.8 cm³/mol. The number of thioether (sulfide) groups is 1. The van der Waals surface area contributed by atoms with Crippen molar-refractivity contribution < 1.29 is 4.74 Å². The van der Waals surface area contributed by atoms with E-state index in [1.165, 1.54) is 0 Å². The molecule has 6 heteroatoms. The number of hydrazine groups is 1. The number of nitrogens with one attached hydrogen (secondary N) is 1. The third kappa shape index (κ3) is 4.00. The summed E-state index contributed by atoms with van der Waals surface area (Å²) in [4.78, 5) is 6.86. The van der Waals surface area contributed by atoms with E-state index in [2.05, 4.69) is 34.7 Å². The van der Waals surface area contributed by atoms with Gasteiger partial charge in [-0.3, -0.25) is 0 Å². The lowest BCUT2D eigenvalue weighted by Crippen LogP contribution is -2.22. The number of pyridine rings is 1. The van der Waals surface area contributed by atoms with Gasteiger partial charge in [-0.2, -0.15) is 11.8 Å². The Bertz CT molecular complexity index is 605. The fraction of sp³-hybridized carbons (Fsp3) is 0.400. The van der Waals surface area contributed by atoms with E-state index in [0.29, 0.717) is 5.82 Å². The summed E-state index contributed by atoms with van der Waals surface area (Å²) in [5.41, 5.74) is 4.67. The number of methoxy groups -OCH3 is 1. The monoisotopic (exact) mass is 306 g/mol. The van der Waals surface area contributed by atoms with E-state index in [1.807, 2.05) is 30.0 Å². The minimum atomic E-state index is 0.715. The van der Waals surface area contributed by atoms with Crippen molar-refractivity contribution in [3.63, 3.8) is 0 Å². The van der Waals surface area contributed by atoms with Crippen LogP contribution in [0.25, 0.3) is 10.9 Å². The van der Waals surface area contributed by atoms with Crippen LogP contribution in [0.2, 0.25) is 0 Å². The van der Waals surface area contributed by atoms with Crippen LogP contribution in [0, 0.1) is 0 Å². The highest BCUT2D eigenvalue weighted by atomic mass is 32.2. The van der Waals surface area contributed by atoms with Gasteiger partial charge in [-0.1, -0.05) is 0 Å². The number of anilines is 1. The topological polar surface area (TPSA) is 63.4 Å². The maximum absolute atomic E-state index is 5.62. The van der Waals surface area contributed by atoms with Crippen molar-refractivity contribution in [2.45, 2.75) is 6.54 Å². The number of rotatable bonds is 7. The van der Waals surface area contributed by atoms with Crippen molar-refractivity contribution in [1.82, 2.24) is 9.88 Å². The molecule has 0 spiro atoms. The normalized spacial score (nSPS) is 11.1. The number of hydrogen-bond acceptors (Lipinski definition) is 6. The van der Waals surface area contributed by atoms with Crippen molar-refractivity contribution in [1.29, 1.82) is 0 Å². The molecule has 21 heavy (non-hydrogen) atoms. The van der Waals surface area contributed by atoms with Crippen LogP contribution in [0.5, 0.6) is 5.75 Å². The van der Waals surface area contributed by atoms with Gasteiger partial charge >= 0.3 is 0 Å². The van der Waals surface area contributed by atoms with Crippen molar-refractivity contribution in [2.24, 2.45) is 5.84 Å². The second-order valence-corrected chi connectivity index (χ2v) is 5.92. The highest BCUT2D eigenvalue weighted by molar-refractivity contribution is 7.98. The molecule has 5 nitrogen and oxygen atoms in total. The van der Waals surface area contributed by atoms with Crippen LogP contribution in [0.3, 0.4) is 0 Å². The van der Waals surface area contributed by atoms with Gasteiger partial charge in [0, 0.05) is 35.9 Å². The van der Waals surface area contributed by atoms with Crippen LogP contribution in [0.4, 0.5) is 5.82 Å². The molecule has 0 bridgehead atoms. The molecule has 0 saturated carbocycles. The fourth-order valence-electron chi connectivity index (χ4n) is 2.18. The molecule has 0 aliphatic rings. The van der Waals surface area contributed by atoms with E-state index >= 15 is 0 Å². The zero-order valence-electron chi connectivity index (χ0n) is 12.7. The molecule has 2 aromatic rings. The van der Waals surface area contributed by atoms with Crippen LogP contribution >= 0.6 is 11.8 Å². The second kappa shape index (κ2) is 7.49. The van der Waals surface area contributed by atoms with Crippen molar-refractivity contribution >= 4 is 28.5 Å². The van der Waals surface area contributed by atoms with Gasteiger partial charge in [0.05, 0.1) is 12.6 Å². The first-order chi connectivity index (χ1) is 10.2. The van der Waals surface area contributed by atoms with E-state index in [0.717, 1.165) is 41.1 Å². The average molecular weight is 306 g/mol. The first kappa shape index (κ1) is 15.9. The minimum Gasteiger partial charge on any atom is -0.497 e. The van der Waals surface area contributed by atoms with E-state index in [1.54, 1.807) is 7.11 Å². The highest BCUT2D eigenvalue weighted by Crippen LogP contribution is 2.24. The zero-order chi connectivity index (χ0) is 15.2. The van der Waals surface area contributed by atoms with Crippen LogP contribution < -0.4 is 16.0 Å². The SMILES string of the molecule is COc1ccc2cc(CN(C)CCSC)c(NN)nc2c1. The second-order valence-electron chi connectivity index (χ2n) is 4.93. The smallest absolute Gasteiger partial charge is 0.145 e. The standard InChI is InChI=1S/C15H22N4OS/c1-19(6-7-21-3)10-12-8-11-4-5-13(20-2)9-14(11)17-15(12)18-16/h4-5,8-9H,6-7,10,16H2,1-3H3,(H,17,18). The summed E-state index contributed by atoms with van der Waals surface area (Å²) in [6.07, 6.45) is 2.12. The van der Waals surface area contributed by atoms with Gasteiger partial charge in [0.1, 0.15) is 11.6 Å². The van der Waals surface area contributed by atoms with E-state index < -0.39 is 0 Å². The molecule has 0 aliphatic heterocycles. The number of aromatic nitrogens is 1. The molecule has 1 aromatic heterocycles. The van der Waals surface area contributed by atoms with Crippen LogP contribution in [-0.2, 0) is 6.54 Å². The molecule has 0 atom stereocenters. The minimum absolute atomic E-state index is 0.715. The van der Waals surface area contributed by atoms with Gasteiger partial charge in [0.25, 0.3) is 0 Å². The molecule has 3 N–H and O–H groups in total. The molecule has 0 saturated heterocycles. The summed E-state index contributed by atoms with van der Waals surface area (Å²) in [6, 6.07) is 8.01. The van der Waals surface area contributed by atoms with E-state index in [9.17, 15) is 0 Å². The molecule has 2 rings (SSSR count). The van der Waals surface area contributed by atoms with Crippen LogP contribution in [0.1, 0.15) is 5.56 Å². The predicted octanol–water partition coefficient (Wildman–Crippen LogP) is 2.32. The molecule has 0 radical (unpaired) electrons. The van der Waals surface area contributed by atoms with Crippen molar-refractivity contribution in [3.8, 4) is 5.75 Å². The van der Waals surface area contributed by atoms with Crippen LogP contribution in [-0.4, -0.2) is 42.6 Å². The molecular formula is C15H22N4OS. The summed E-state index contributed by atoms with van der Waals surface area (Å²) in [5.74, 6) is 8.24. The Morgan fingerprint density at radius 3 is 2.86 bits per heavy atom. The lowest BCUT2D eigenvalue weighted by Gasteiger charge is -2.18. The number of nitrogens with two attached hydrogens (primary N) is 1. The lowest BCUT2D eigenvalue weighted by molar-refractivity contribution is 0.349. The largest absolute Gasteiger partial charge is 0.497 e. The molecule has 0 fully saturated rings.